The first kappa shape index (κ1) is 14.3. The molecule has 0 atom stereocenters. The molecule has 0 aliphatic heterocycles. The van der Waals surface area contributed by atoms with Crippen LogP contribution in [0.25, 0.3) is 11.3 Å². The monoisotopic (exact) mass is 292 g/mol. The van der Waals surface area contributed by atoms with E-state index in [0.717, 1.165) is 16.8 Å². The van der Waals surface area contributed by atoms with E-state index in [4.69, 9.17) is 12.4 Å². The van der Waals surface area contributed by atoms with Gasteiger partial charge in [-0.15, -0.1) is 0 Å². The van der Waals surface area contributed by atoms with Gasteiger partial charge in [-0.05, 0) is 32.0 Å². The number of aromatic nitrogens is 4. The van der Waals surface area contributed by atoms with E-state index in [-0.39, 0.29) is 12.1 Å². The molecular formula is C15H13BN4O2. The summed E-state index contributed by atoms with van der Waals surface area (Å²) in [6.07, 6.45) is 3.17. The molecule has 2 radical (unpaired) electrons. The molecule has 22 heavy (non-hydrogen) atoms. The molecule has 0 bridgehead atoms. The van der Waals surface area contributed by atoms with Gasteiger partial charge in [-0.25, -0.2) is 4.68 Å². The third-order valence-electron chi connectivity index (χ3n) is 3.37. The Morgan fingerprint density at radius 3 is 2.77 bits per heavy atom. The number of hydrogen-bond acceptors (Lipinski definition) is 5. The van der Waals surface area contributed by atoms with Crippen LogP contribution in [0.15, 0.2) is 39.9 Å². The molecule has 3 heterocycles. The largest absolute Gasteiger partial charge is 0.361 e. The molecule has 0 unspecified atom stereocenters. The Bertz CT molecular complexity index is 868. The molecule has 0 fully saturated rings. The summed E-state index contributed by atoms with van der Waals surface area (Å²) < 4.78 is 6.59. The first-order valence-corrected chi connectivity index (χ1v) is 6.75. The highest BCUT2D eigenvalue weighted by atomic mass is 16.5. The van der Waals surface area contributed by atoms with Crippen molar-refractivity contribution in [1.29, 1.82) is 0 Å². The third-order valence-corrected chi connectivity index (χ3v) is 3.37. The van der Waals surface area contributed by atoms with Crippen molar-refractivity contribution in [3.05, 3.63) is 58.0 Å². The van der Waals surface area contributed by atoms with Gasteiger partial charge in [-0.2, -0.15) is 5.10 Å². The predicted octanol–water partition coefficient (Wildman–Crippen LogP) is 0.752. The van der Waals surface area contributed by atoms with Gasteiger partial charge in [0, 0.05) is 29.2 Å². The number of aryl methyl sites for hydroxylation is 2. The lowest BCUT2D eigenvalue weighted by Gasteiger charge is -2.05. The van der Waals surface area contributed by atoms with Crippen LogP contribution in [0.1, 0.15) is 17.0 Å². The molecule has 7 heteroatoms. The molecule has 0 N–H and O–H groups in total. The molecule has 0 aromatic carbocycles. The lowest BCUT2D eigenvalue weighted by atomic mass is 10.00. The molecule has 108 valence electrons. The maximum atomic E-state index is 11.9. The van der Waals surface area contributed by atoms with Gasteiger partial charge < -0.3 is 4.52 Å². The van der Waals surface area contributed by atoms with E-state index >= 15 is 0 Å². The third kappa shape index (κ3) is 2.70. The summed E-state index contributed by atoms with van der Waals surface area (Å²) in [6.45, 7) is 3.98. The lowest BCUT2D eigenvalue weighted by molar-refractivity contribution is 0.397. The molecule has 3 aromatic rings. The molecule has 0 saturated carbocycles. The van der Waals surface area contributed by atoms with Gasteiger partial charge in [-0.1, -0.05) is 10.6 Å². The minimum absolute atomic E-state index is 0.262. The fourth-order valence-corrected chi connectivity index (χ4v) is 2.13. The average Bonchev–Trinajstić information content (AvgIpc) is 2.84. The Kier molecular flexibility index (Phi) is 3.62. The zero-order valence-corrected chi connectivity index (χ0v) is 12.3. The molecule has 0 aliphatic carbocycles. The fourth-order valence-electron chi connectivity index (χ4n) is 2.13. The summed E-state index contributed by atoms with van der Waals surface area (Å²) in [5.41, 5.74) is 3.28. The second-order valence-electron chi connectivity index (χ2n) is 5.04. The summed E-state index contributed by atoms with van der Waals surface area (Å²) in [5, 5.41) is 8.11. The molecule has 6 nitrogen and oxygen atoms in total. The number of hydrogen-bond donors (Lipinski definition) is 0. The van der Waals surface area contributed by atoms with E-state index in [1.807, 2.05) is 19.1 Å². The maximum absolute atomic E-state index is 11.9. The van der Waals surface area contributed by atoms with Gasteiger partial charge in [0.15, 0.2) is 0 Å². The number of rotatable bonds is 3. The van der Waals surface area contributed by atoms with Crippen molar-refractivity contribution in [1.82, 2.24) is 19.9 Å². The quantitative estimate of drug-likeness (QED) is 0.666. The van der Waals surface area contributed by atoms with Crippen molar-refractivity contribution in [2.45, 2.75) is 20.4 Å². The van der Waals surface area contributed by atoms with Gasteiger partial charge in [-0.3, -0.25) is 9.78 Å². The second kappa shape index (κ2) is 5.59. The van der Waals surface area contributed by atoms with Gasteiger partial charge in [0.25, 0.3) is 5.56 Å². The first-order valence-electron chi connectivity index (χ1n) is 6.75. The van der Waals surface area contributed by atoms with E-state index in [1.54, 1.807) is 13.1 Å². The smallest absolute Gasteiger partial charge is 0.266 e. The van der Waals surface area contributed by atoms with Crippen LogP contribution in [0.5, 0.6) is 0 Å². The van der Waals surface area contributed by atoms with E-state index in [9.17, 15) is 4.79 Å². The predicted molar refractivity (Wildman–Crippen MR) is 82.2 cm³/mol. The Hall–Kier alpha value is -2.70. The first-order chi connectivity index (χ1) is 10.5. The van der Waals surface area contributed by atoms with Crippen LogP contribution in [-0.2, 0) is 6.54 Å². The Morgan fingerprint density at radius 2 is 2.09 bits per heavy atom. The topological polar surface area (TPSA) is 73.8 Å². The minimum Gasteiger partial charge on any atom is -0.361 e. The molecule has 0 aliphatic rings. The summed E-state index contributed by atoms with van der Waals surface area (Å²) in [6, 6.07) is 5.15. The molecule has 3 aromatic heterocycles. The molecular weight excluding hydrogens is 279 g/mol. The van der Waals surface area contributed by atoms with Gasteiger partial charge in [0.1, 0.15) is 19.3 Å². The second-order valence-corrected chi connectivity index (χ2v) is 5.04. The molecule has 3 rings (SSSR count). The van der Waals surface area contributed by atoms with Crippen LogP contribution in [0.2, 0.25) is 0 Å². The average molecular weight is 292 g/mol. The van der Waals surface area contributed by atoms with E-state index < -0.39 is 0 Å². The van der Waals surface area contributed by atoms with E-state index in [2.05, 4.69) is 15.2 Å². The van der Waals surface area contributed by atoms with Crippen molar-refractivity contribution in [2.75, 3.05) is 0 Å². The Morgan fingerprint density at radius 1 is 1.27 bits per heavy atom. The minimum atomic E-state index is -0.270. The zero-order valence-electron chi connectivity index (χ0n) is 12.3. The van der Waals surface area contributed by atoms with E-state index in [0.29, 0.717) is 16.9 Å². The summed E-state index contributed by atoms with van der Waals surface area (Å²) in [4.78, 5) is 16.2. The van der Waals surface area contributed by atoms with Crippen molar-refractivity contribution in [3.8, 4) is 11.3 Å². The van der Waals surface area contributed by atoms with Gasteiger partial charge in [0.2, 0.25) is 0 Å². The van der Waals surface area contributed by atoms with Crippen LogP contribution in [0, 0.1) is 13.8 Å². The van der Waals surface area contributed by atoms with E-state index in [1.165, 1.54) is 16.9 Å². The zero-order chi connectivity index (χ0) is 15.7. The summed E-state index contributed by atoms with van der Waals surface area (Å²) >= 11 is 0. The standard InChI is InChI=1S/C15H13BN4O2/c1-9-3-4-11(6-17-9)15-13(10(2)22-19-15)8-20-14(21)5-12(16)7-18-20/h3-7H,8H2,1-2H3. The Labute approximate surface area is 128 Å². The summed E-state index contributed by atoms with van der Waals surface area (Å²) in [5.74, 6) is 0.640. The van der Waals surface area contributed by atoms with Crippen molar-refractivity contribution >= 4 is 13.3 Å². The molecule has 0 amide bonds. The molecule has 0 spiro atoms. The number of nitrogens with zero attached hydrogens (tertiary/aromatic N) is 4. The highest BCUT2D eigenvalue weighted by molar-refractivity contribution is 6.31. The SMILES string of the molecule is [B]c1cnn(Cc2c(-c3ccc(C)nc3)noc2C)c(=O)c1. The van der Waals surface area contributed by atoms with Crippen LogP contribution in [0.4, 0.5) is 0 Å². The van der Waals surface area contributed by atoms with Crippen LogP contribution in [0.3, 0.4) is 0 Å². The van der Waals surface area contributed by atoms with Crippen molar-refractivity contribution in [2.24, 2.45) is 0 Å². The lowest BCUT2D eigenvalue weighted by Crippen LogP contribution is -2.27. The highest BCUT2D eigenvalue weighted by Gasteiger charge is 2.16. The van der Waals surface area contributed by atoms with Gasteiger partial charge in [0.05, 0.1) is 6.54 Å². The van der Waals surface area contributed by atoms with Crippen LogP contribution < -0.4 is 11.0 Å². The van der Waals surface area contributed by atoms with Gasteiger partial charge >= 0.3 is 0 Å². The normalized spacial score (nSPS) is 10.8. The Balaban J connectivity index is 2.02. The fraction of sp³-hybridized carbons (Fsp3) is 0.200. The summed E-state index contributed by atoms with van der Waals surface area (Å²) in [7, 11) is 5.55. The van der Waals surface area contributed by atoms with Crippen molar-refractivity contribution in [3.63, 3.8) is 0 Å². The highest BCUT2D eigenvalue weighted by Crippen LogP contribution is 2.25. The van der Waals surface area contributed by atoms with Crippen LogP contribution >= 0.6 is 0 Å². The molecule has 0 saturated heterocycles. The van der Waals surface area contributed by atoms with Crippen molar-refractivity contribution < 1.29 is 4.52 Å². The maximum Gasteiger partial charge on any atom is 0.266 e. The van der Waals surface area contributed by atoms with Crippen LogP contribution in [-0.4, -0.2) is 27.8 Å². The number of pyridine rings is 1.